The molecule has 0 aliphatic carbocycles. The molecule has 3 rings (SSSR count). The predicted molar refractivity (Wildman–Crippen MR) is 114 cm³/mol. The first-order valence-corrected chi connectivity index (χ1v) is 9.84. The third-order valence-corrected chi connectivity index (χ3v) is 4.93. The van der Waals surface area contributed by atoms with E-state index in [9.17, 15) is 9.59 Å². The van der Waals surface area contributed by atoms with Crippen molar-refractivity contribution >= 4 is 17.9 Å². The van der Waals surface area contributed by atoms with Gasteiger partial charge in [-0.25, -0.2) is 4.79 Å². The Morgan fingerprint density at radius 1 is 1.10 bits per heavy atom. The lowest BCUT2D eigenvalue weighted by atomic mass is 9.91. The van der Waals surface area contributed by atoms with Gasteiger partial charge < -0.3 is 10.1 Å². The van der Waals surface area contributed by atoms with Crippen LogP contribution in [-0.2, 0) is 4.79 Å². The fourth-order valence-corrected chi connectivity index (χ4v) is 3.48. The number of carbonyl (C=O) groups excluding carboxylic acids is 2. The Morgan fingerprint density at radius 3 is 2.41 bits per heavy atom. The Balaban J connectivity index is 1.91. The summed E-state index contributed by atoms with van der Waals surface area (Å²) in [7, 11) is 0. The number of nitrogens with zero attached hydrogens (tertiary/aromatic N) is 1. The molecule has 2 aromatic rings. The Kier molecular flexibility index (Phi) is 6.50. The molecule has 0 unspecified atom stereocenters. The fraction of sp³-hybridized carbons (Fsp3) is 0.250. The molecule has 1 heterocycles. The molecule has 5 heteroatoms. The number of rotatable bonds is 7. The van der Waals surface area contributed by atoms with Crippen LogP contribution in [0.25, 0.3) is 6.08 Å². The molecule has 0 fully saturated rings. The molecule has 1 aliphatic rings. The van der Waals surface area contributed by atoms with Gasteiger partial charge in [0.25, 0.3) is 0 Å². The van der Waals surface area contributed by atoms with Crippen molar-refractivity contribution in [3.05, 3.63) is 83.1 Å². The van der Waals surface area contributed by atoms with Gasteiger partial charge >= 0.3 is 6.03 Å². The van der Waals surface area contributed by atoms with E-state index in [1.54, 1.807) is 17.1 Å². The summed E-state index contributed by atoms with van der Waals surface area (Å²) in [6.45, 7) is 6.77. The third-order valence-electron chi connectivity index (χ3n) is 4.93. The standard InChI is InChI=1S/C24H26N2O3/c1-4-26-17(3)22(23(25-24(26)28)19-9-7-6-8-10-19)21(27)16-13-18-11-14-20(15-12-18)29-5-2/h6-16,23H,4-5H2,1-3H3,(H,25,28)/b16-13+/t23-/m0/s1. The van der Waals surface area contributed by atoms with Crippen molar-refractivity contribution in [2.24, 2.45) is 0 Å². The van der Waals surface area contributed by atoms with E-state index in [2.05, 4.69) is 5.32 Å². The number of urea groups is 1. The molecule has 0 bridgehead atoms. The number of ether oxygens (including phenoxy) is 1. The van der Waals surface area contributed by atoms with Crippen LogP contribution in [0.15, 0.2) is 71.9 Å². The van der Waals surface area contributed by atoms with Crippen molar-refractivity contribution in [2.45, 2.75) is 26.8 Å². The summed E-state index contributed by atoms with van der Waals surface area (Å²) in [5.41, 5.74) is 3.06. The van der Waals surface area contributed by atoms with Crippen LogP contribution in [0.1, 0.15) is 37.9 Å². The molecule has 0 aromatic heterocycles. The summed E-state index contributed by atoms with van der Waals surface area (Å²) in [4.78, 5) is 27.2. The van der Waals surface area contributed by atoms with Gasteiger partial charge in [0.2, 0.25) is 0 Å². The zero-order chi connectivity index (χ0) is 20.8. The van der Waals surface area contributed by atoms with Crippen LogP contribution in [0.3, 0.4) is 0 Å². The summed E-state index contributed by atoms with van der Waals surface area (Å²) < 4.78 is 5.45. The van der Waals surface area contributed by atoms with Crippen LogP contribution in [0, 0.1) is 0 Å². The molecule has 0 saturated carbocycles. The predicted octanol–water partition coefficient (Wildman–Crippen LogP) is 4.73. The molecule has 0 spiro atoms. The van der Waals surface area contributed by atoms with E-state index < -0.39 is 6.04 Å². The van der Waals surface area contributed by atoms with E-state index in [0.29, 0.717) is 24.4 Å². The molecule has 0 saturated heterocycles. The fourth-order valence-electron chi connectivity index (χ4n) is 3.48. The number of nitrogens with one attached hydrogen (secondary N) is 1. The van der Waals surface area contributed by atoms with Crippen molar-refractivity contribution in [3.8, 4) is 5.75 Å². The summed E-state index contributed by atoms with van der Waals surface area (Å²) in [5, 5.41) is 2.97. The highest BCUT2D eigenvalue weighted by Crippen LogP contribution is 2.31. The second-order valence-corrected chi connectivity index (χ2v) is 6.74. The monoisotopic (exact) mass is 390 g/mol. The van der Waals surface area contributed by atoms with Crippen molar-refractivity contribution in [2.75, 3.05) is 13.2 Å². The van der Waals surface area contributed by atoms with E-state index >= 15 is 0 Å². The van der Waals surface area contributed by atoms with Crippen molar-refractivity contribution < 1.29 is 14.3 Å². The summed E-state index contributed by atoms with van der Waals surface area (Å²) in [6, 6.07) is 16.5. The average Bonchev–Trinajstić information content (AvgIpc) is 2.74. The number of ketones is 1. The van der Waals surface area contributed by atoms with E-state index in [0.717, 1.165) is 16.9 Å². The molecule has 1 atom stereocenters. The maximum absolute atomic E-state index is 13.2. The minimum absolute atomic E-state index is 0.122. The zero-order valence-corrected chi connectivity index (χ0v) is 17.0. The highest BCUT2D eigenvalue weighted by atomic mass is 16.5. The zero-order valence-electron chi connectivity index (χ0n) is 17.0. The summed E-state index contributed by atoms with van der Waals surface area (Å²) in [6.07, 6.45) is 3.35. The van der Waals surface area contributed by atoms with Crippen LogP contribution in [0.4, 0.5) is 4.79 Å². The summed E-state index contributed by atoms with van der Waals surface area (Å²) in [5.74, 6) is 0.677. The number of allylic oxidation sites excluding steroid dienone is 2. The van der Waals surface area contributed by atoms with Crippen LogP contribution >= 0.6 is 0 Å². The van der Waals surface area contributed by atoms with Gasteiger partial charge in [-0.15, -0.1) is 0 Å². The number of amides is 2. The molecule has 2 aromatic carbocycles. The lowest BCUT2D eigenvalue weighted by Gasteiger charge is -2.35. The molecular formula is C24H26N2O3. The van der Waals surface area contributed by atoms with E-state index in [1.165, 1.54) is 0 Å². The first-order chi connectivity index (χ1) is 14.0. The number of hydrogen-bond acceptors (Lipinski definition) is 3. The van der Waals surface area contributed by atoms with Gasteiger partial charge in [0.15, 0.2) is 5.78 Å². The van der Waals surface area contributed by atoms with Gasteiger partial charge in [0.05, 0.1) is 12.6 Å². The average molecular weight is 390 g/mol. The highest BCUT2D eigenvalue weighted by Gasteiger charge is 2.33. The minimum atomic E-state index is -0.469. The molecule has 0 radical (unpaired) electrons. The highest BCUT2D eigenvalue weighted by molar-refractivity contribution is 6.09. The number of carbonyl (C=O) groups is 2. The topological polar surface area (TPSA) is 58.6 Å². The Bertz CT molecular complexity index is 930. The van der Waals surface area contributed by atoms with Crippen LogP contribution in [0.2, 0.25) is 0 Å². The Morgan fingerprint density at radius 2 is 1.79 bits per heavy atom. The largest absolute Gasteiger partial charge is 0.494 e. The van der Waals surface area contributed by atoms with E-state index in [-0.39, 0.29) is 11.8 Å². The number of benzene rings is 2. The third kappa shape index (κ3) is 4.57. The van der Waals surface area contributed by atoms with Gasteiger partial charge in [0.1, 0.15) is 5.75 Å². The molecule has 1 aliphatic heterocycles. The van der Waals surface area contributed by atoms with Gasteiger partial charge in [-0.05, 0) is 50.1 Å². The molecule has 150 valence electrons. The van der Waals surface area contributed by atoms with Crippen molar-refractivity contribution in [1.82, 2.24) is 10.2 Å². The van der Waals surface area contributed by atoms with Crippen molar-refractivity contribution in [3.63, 3.8) is 0 Å². The first-order valence-electron chi connectivity index (χ1n) is 9.84. The Hall–Kier alpha value is -3.34. The van der Waals surface area contributed by atoms with Gasteiger partial charge in [-0.2, -0.15) is 0 Å². The second kappa shape index (κ2) is 9.24. The first kappa shape index (κ1) is 20.4. The van der Waals surface area contributed by atoms with Gasteiger partial charge in [0, 0.05) is 17.8 Å². The smallest absolute Gasteiger partial charge is 0.322 e. The molecule has 29 heavy (non-hydrogen) atoms. The SMILES string of the molecule is CCOc1ccc(/C=C/C(=O)C2=C(C)N(CC)C(=O)N[C@H]2c2ccccc2)cc1. The summed E-state index contributed by atoms with van der Waals surface area (Å²) >= 11 is 0. The maximum atomic E-state index is 13.2. The van der Waals surface area contributed by atoms with Gasteiger partial charge in [-0.3, -0.25) is 9.69 Å². The minimum Gasteiger partial charge on any atom is -0.494 e. The van der Waals surface area contributed by atoms with E-state index in [4.69, 9.17) is 4.74 Å². The second-order valence-electron chi connectivity index (χ2n) is 6.74. The maximum Gasteiger partial charge on any atom is 0.322 e. The van der Waals surface area contributed by atoms with Gasteiger partial charge in [-0.1, -0.05) is 48.5 Å². The lowest BCUT2D eigenvalue weighted by molar-refractivity contribution is -0.111. The van der Waals surface area contributed by atoms with Crippen LogP contribution < -0.4 is 10.1 Å². The van der Waals surface area contributed by atoms with E-state index in [1.807, 2.05) is 75.4 Å². The molecular weight excluding hydrogens is 364 g/mol. The molecule has 2 amide bonds. The molecule has 1 N–H and O–H groups in total. The quantitative estimate of drug-likeness (QED) is 0.696. The lowest BCUT2D eigenvalue weighted by Crippen LogP contribution is -2.47. The molecule has 5 nitrogen and oxygen atoms in total. The van der Waals surface area contributed by atoms with Crippen LogP contribution in [-0.4, -0.2) is 29.9 Å². The Labute approximate surface area is 171 Å². The van der Waals surface area contributed by atoms with Crippen molar-refractivity contribution in [1.29, 1.82) is 0 Å². The number of hydrogen-bond donors (Lipinski definition) is 1. The van der Waals surface area contributed by atoms with Crippen LogP contribution in [0.5, 0.6) is 5.75 Å². The normalized spacial score (nSPS) is 16.9.